The molecule has 3 rings (SSSR count). The van der Waals surface area contributed by atoms with E-state index in [1.807, 2.05) is 50.2 Å². The largest absolute Gasteiger partial charge is 0.507 e. The van der Waals surface area contributed by atoms with E-state index in [2.05, 4.69) is 0 Å². The van der Waals surface area contributed by atoms with Gasteiger partial charge in [-0.25, -0.2) is 0 Å². The first-order chi connectivity index (χ1) is 13.7. The Morgan fingerprint density at radius 1 is 0.607 bits per heavy atom. The molecule has 4 heteroatoms. The van der Waals surface area contributed by atoms with Crippen LogP contribution >= 0.6 is 0 Å². The predicted molar refractivity (Wildman–Crippen MR) is 111 cm³/mol. The van der Waals surface area contributed by atoms with Crippen molar-refractivity contribution in [3.63, 3.8) is 0 Å². The van der Waals surface area contributed by atoms with Gasteiger partial charge in [-0.05, 0) is 60.4 Å². The van der Waals surface area contributed by atoms with Gasteiger partial charge in [0.2, 0.25) is 0 Å². The molecule has 0 fully saturated rings. The Labute approximate surface area is 166 Å². The van der Waals surface area contributed by atoms with Crippen molar-refractivity contribution in [2.75, 3.05) is 13.2 Å². The van der Waals surface area contributed by atoms with Gasteiger partial charge in [0, 0.05) is 24.3 Å². The number of ether oxygens (including phenoxy) is 2. The van der Waals surface area contributed by atoms with Crippen LogP contribution in [0.25, 0.3) is 22.3 Å². The summed E-state index contributed by atoms with van der Waals surface area (Å²) in [7, 11) is 0. The molecule has 3 aromatic carbocycles. The Kier molecular flexibility index (Phi) is 6.69. The van der Waals surface area contributed by atoms with Crippen LogP contribution in [0.15, 0.2) is 60.7 Å². The molecule has 0 aromatic heterocycles. The minimum Gasteiger partial charge on any atom is -0.507 e. The van der Waals surface area contributed by atoms with Crippen molar-refractivity contribution in [1.29, 1.82) is 0 Å². The molecule has 0 aliphatic carbocycles. The fourth-order valence-electron chi connectivity index (χ4n) is 3.26. The van der Waals surface area contributed by atoms with E-state index in [0.717, 1.165) is 33.4 Å². The lowest BCUT2D eigenvalue weighted by Gasteiger charge is -2.18. The van der Waals surface area contributed by atoms with Gasteiger partial charge in [-0.1, -0.05) is 36.4 Å². The number of hydrogen-bond acceptors (Lipinski definition) is 4. The Morgan fingerprint density at radius 2 is 1.00 bits per heavy atom. The highest BCUT2D eigenvalue weighted by Crippen LogP contribution is 2.39. The molecule has 0 saturated carbocycles. The SMILES string of the molecule is CCOCc1cc(-c2ccccc2O)c(COCC)cc1-c1ccccc1O. The molecule has 2 N–H and O–H groups in total. The standard InChI is InChI=1S/C24H26O4/c1-3-27-15-17-13-22(20-10-6-8-12-24(20)26)18(16-28-4-2)14-21(17)19-9-5-7-11-23(19)25/h5-14,25-26H,3-4,15-16H2,1-2H3. The second-order valence-corrected chi connectivity index (χ2v) is 6.48. The van der Waals surface area contributed by atoms with Crippen molar-refractivity contribution in [3.8, 4) is 33.8 Å². The third-order valence-corrected chi connectivity index (χ3v) is 4.64. The maximum absolute atomic E-state index is 10.4. The molecule has 28 heavy (non-hydrogen) atoms. The van der Waals surface area contributed by atoms with Gasteiger partial charge < -0.3 is 19.7 Å². The molecule has 0 spiro atoms. The number of aromatic hydroxyl groups is 2. The number of phenols is 2. The van der Waals surface area contributed by atoms with Crippen molar-refractivity contribution in [2.45, 2.75) is 27.1 Å². The van der Waals surface area contributed by atoms with E-state index in [-0.39, 0.29) is 11.5 Å². The second kappa shape index (κ2) is 9.40. The third-order valence-electron chi connectivity index (χ3n) is 4.64. The van der Waals surface area contributed by atoms with Crippen LogP contribution in [-0.4, -0.2) is 23.4 Å². The van der Waals surface area contributed by atoms with E-state index < -0.39 is 0 Å². The smallest absolute Gasteiger partial charge is 0.123 e. The van der Waals surface area contributed by atoms with Crippen molar-refractivity contribution >= 4 is 0 Å². The number of rotatable bonds is 8. The first-order valence-corrected chi connectivity index (χ1v) is 9.53. The molecule has 0 unspecified atom stereocenters. The average molecular weight is 378 g/mol. The van der Waals surface area contributed by atoms with Crippen molar-refractivity contribution in [1.82, 2.24) is 0 Å². The number of phenolic OH excluding ortho intramolecular Hbond substituents is 2. The van der Waals surface area contributed by atoms with E-state index in [9.17, 15) is 10.2 Å². The molecule has 0 amide bonds. The molecule has 146 valence electrons. The van der Waals surface area contributed by atoms with Crippen molar-refractivity contribution in [3.05, 3.63) is 71.8 Å². The number of hydrogen-bond donors (Lipinski definition) is 2. The first-order valence-electron chi connectivity index (χ1n) is 9.53. The highest BCUT2D eigenvalue weighted by Gasteiger charge is 2.17. The van der Waals surface area contributed by atoms with Crippen LogP contribution in [0.1, 0.15) is 25.0 Å². The van der Waals surface area contributed by atoms with Crippen LogP contribution in [0.3, 0.4) is 0 Å². The molecule has 0 radical (unpaired) electrons. The zero-order valence-corrected chi connectivity index (χ0v) is 16.3. The monoisotopic (exact) mass is 378 g/mol. The Bertz CT molecular complexity index is 856. The fourth-order valence-corrected chi connectivity index (χ4v) is 3.26. The Balaban J connectivity index is 2.22. The van der Waals surface area contributed by atoms with Crippen molar-refractivity contribution < 1.29 is 19.7 Å². The van der Waals surface area contributed by atoms with Crippen LogP contribution in [0.4, 0.5) is 0 Å². The van der Waals surface area contributed by atoms with Crippen molar-refractivity contribution in [2.24, 2.45) is 0 Å². The van der Waals surface area contributed by atoms with Gasteiger partial charge in [0.15, 0.2) is 0 Å². The maximum atomic E-state index is 10.4. The van der Waals surface area contributed by atoms with Crippen LogP contribution < -0.4 is 0 Å². The van der Waals surface area contributed by atoms with Crippen LogP contribution in [0.2, 0.25) is 0 Å². The minimum atomic E-state index is 0.220. The molecule has 0 saturated heterocycles. The summed E-state index contributed by atoms with van der Waals surface area (Å²) in [6.45, 7) is 5.91. The van der Waals surface area contributed by atoms with E-state index >= 15 is 0 Å². The van der Waals surface area contributed by atoms with Gasteiger partial charge >= 0.3 is 0 Å². The van der Waals surface area contributed by atoms with Gasteiger partial charge in [0.1, 0.15) is 11.5 Å². The number of benzene rings is 3. The second-order valence-electron chi connectivity index (χ2n) is 6.48. The molecule has 0 heterocycles. The highest BCUT2D eigenvalue weighted by molar-refractivity contribution is 5.81. The quantitative estimate of drug-likeness (QED) is 0.543. The lowest BCUT2D eigenvalue weighted by Crippen LogP contribution is -2.02. The summed E-state index contributed by atoms with van der Waals surface area (Å²) in [6, 6.07) is 18.6. The van der Waals surface area contributed by atoms with Crippen LogP contribution in [-0.2, 0) is 22.7 Å². The summed E-state index contributed by atoms with van der Waals surface area (Å²) < 4.78 is 11.4. The van der Waals surface area contributed by atoms with E-state index in [4.69, 9.17) is 9.47 Å². The summed E-state index contributed by atoms with van der Waals surface area (Å²) in [5.74, 6) is 0.441. The lowest BCUT2D eigenvalue weighted by molar-refractivity contribution is 0.132. The fraction of sp³-hybridized carbons (Fsp3) is 0.250. The highest BCUT2D eigenvalue weighted by atomic mass is 16.5. The first kappa shape index (κ1) is 19.9. The Morgan fingerprint density at radius 3 is 1.36 bits per heavy atom. The van der Waals surface area contributed by atoms with Crippen LogP contribution in [0, 0.1) is 0 Å². The molecule has 3 aromatic rings. The van der Waals surface area contributed by atoms with Gasteiger partial charge in [-0.15, -0.1) is 0 Å². The molecule has 0 aliphatic rings. The van der Waals surface area contributed by atoms with Gasteiger partial charge in [-0.3, -0.25) is 0 Å². The van der Waals surface area contributed by atoms with Gasteiger partial charge in [0.25, 0.3) is 0 Å². The molecule has 4 nitrogen and oxygen atoms in total. The van der Waals surface area contributed by atoms with E-state index in [1.165, 1.54) is 0 Å². The molecule has 0 aliphatic heterocycles. The van der Waals surface area contributed by atoms with Gasteiger partial charge in [0.05, 0.1) is 13.2 Å². The third kappa shape index (κ3) is 4.35. The lowest BCUT2D eigenvalue weighted by atomic mass is 9.90. The summed E-state index contributed by atoms with van der Waals surface area (Å²) >= 11 is 0. The molecular formula is C24H26O4. The van der Waals surface area contributed by atoms with Gasteiger partial charge in [-0.2, -0.15) is 0 Å². The summed E-state index contributed by atoms with van der Waals surface area (Å²) in [6.07, 6.45) is 0. The topological polar surface area (TPSA) is 58.9 Å². The van der Waals surface area contributed by atoms with E-state index in [1.54, 1.807) is 24.3 Å². The number of para-hydroxylation sites is 2. The summed E-state index contributed by atoms with van der Waals surface area (Å²) in [5.41, 5.74) is 5.20. The van der Waals surface area contributed by atoms with E-state index in [0.29, 0.717) is 26.4 Å². The van der Waals surface area contributed by atoms with Crippen LogP contribution in [0.5, 0.6) is 11.5 Å². The normalized spacial score (nSPS) is 10.9. The predicted octanol–water partition coefficient (Wildman–Crippen LogP) is 5.50. The summed E-state index contributed by atoms with van der Waals surface area (Å²) in [5, 5.41) is 20.8. The summed E-state index contributed by atoms with van der Waals surface area (Å²) in [4.78, 5) is 0. The minimum absolute atomic E-state index is 0.220. The maximum Gasteiger partial charge on any atom is 0.123 e. The molecule has 0 bridgehead atoms. The molecule has 0 atom stereocenters. The average Bonchev–Trinajstić information content (AvgIpc) is 2.71. The zero-order valence-electron chi connectivity index (χ0n) is 16.3. The zero-order chi connectivity index (χ0) is 19.9. The molecular weight excluding hydrogens is 352 g/mol. The Hall–Kier alpha value is -2.82.